The summed E-state index contributed by atoms with van der Waals surface area (Å²) < 4.78 is 0. The van der Waals surface area contributed by atoms with E-state index in [1.54, 1.807) is 0 Å². The van der Waals surface area contributed by atoms with E-state index in [-0.39, 0.29) is 11.8 Å². The molecule has 0 saturated carbocycles. The molecule has 22 heavy (non-hydrogen) atoms. The van der Waals surface area contributed by atoms with Crippen molar-refractivity contribution in [3.8, 4) is 0 Å². The summed E-state index contributed by atoms with van der Waals surface area (Å²) in [4.78, 5) is 25.8. The molecule has 1 fully saturated rings. The van der Waals surface area contributed by atoms with Crippen molar-refractivity contribution in [1.29, 1.82) is 0 Å². The monoisotopic (exact) mass is 303 g/mol. The van der Waals surface area contributed by atoms with Crippen LogP contribution in [0.2, 0.25) is 0 Å². The van der Waals surface area contributed by atoms with Crippen molar-refractivity contribution in [2.75, 3.05) is 26.7 Å². The predicted molar refractivity (Wildman–Crippen MR) is 86.4 cm³/mol. The Labute approximate surface area is 132 Å². The summed E-state index contributed by atoms with van der Waals surface area (Å²) in [5.74, 6) is 0.0652. The Kier molecular flexibility index (Phi) is 6.40. The van der Waals surface area contributed by atoms with Gasteiger partial charge in [-0.25, -0.2) is 0 Å². The SMILES string of the molecule is CN(C(=O)CCNC(=O)Cc1ccccc1)C1CCNCC1. The predicted octanol–water partition coefficient (Wildman–Crippen LogP) is 0.946. The molecule has 0 spiro atoms. The minimum atomic E-state index is -0.0384. The van der Waals surface area contributed by atoms with Crippen molar-refractivity contribution in [2.24, 2.45) is 0 Å². The third-order valence-corrected chi connectivity index (χ3v) is 4.12. The molecule has 0 aromatic heterocycles. The van der Waals surface area contributed by atoms with E-state index in [0.29, 0.717) is 25.4 Å². The molecule has 1 aliphatic heterocycles. The lowest BCUT2D eigenvalue weighted by Crippen LogP contribution is -2.44. The van der Waals surface area contributed by atoms with Gasteiger partial charge >= 0.3 is 0 Å². The second-order valence-corrected chi connectivity index (χ2v) is 5.75. The van der Waals surface area contributed by atoms with Crippen LogP contribution in [0, 0.1) is 0 Å². The maximum atomic E-state index is 12.1. The number of rotatable bonds is 6. The van der Waals surface area contributed by atoms with Crippen molar-refractivity contribution in [2.45, 2.75) is 31.7 Å². The Morgan fingerprint density at radius 2 is 1.91 bits per heavy atom. The highest BCUT2D eigenvalue weighted by molar-refractivity contribution is 5.80. The van der Waals surface area contributed by atoms with Crippen LogP contribution in [0.4, 0.5) is 0 Å². The van der Waals surface area contributed by atoms with Crippen molar-refractivity contribution >= 4 is 11.8 Å². The van der Waals surface area contributed by atoms with E-state index < -0.39 is 0 Å². The largest absolute Gasteiger partial charge is 0.355 e. The molecule has 2 amide bonds. The molecule has 0 aliphatic carbocycles. The zero-order chi connectivity index (χ0) is 15.8. The quantitative estimate of drug-likeness (QED) is 0.822. The van der Waals surface area contributed by atoms with Crippen LogP contribution in [0.25, 0.3) is 0 Å². The number of benzene rings is 1. The van der Waals surface area contributed by atoms with Gasteiger partial charge in [-0.1, -0.05) is 30.3 Å². The van der Waals surface area contributed by atoms with Gasteiger partial charge in [-0.05, 0) is 31.5 Å². The first-order valence-electron chi connectivity index (χ1n) is 7.94. The van der Waals surface area contributed by atoms with Crippen LogP contribution >= 0.6 is 0 Å². The number of carbonyl (C=O) groups excluding carboxylic acids is 2. The molecule has 0 atom stereocenters. The Balaban J connectivity index is 1.66. The van der Waals surface area contributed by atoms with Gasteiger partial charge in [0.15, 0.2) is 0 Å². The molecule has 1 aliphatic rings. The highest BCUT2D eigenvalue weighted by atomic mass is 16.2. The van der Waals surface area contributed by atoms with Gasteiger partial charge in [-0.2, -0.15) is 0 Å². The summed E-state index contributed by atoms with van der Waals surface area (Å²) in [5, 5.41) is 6.12. The smallest absolute Gasteiger partial charge is 0.224 e. The van der Waals surface area contributed by atoms with E-state index in [2.05, 4.69) is 10.6 Å². The first-order chi connectivity index (χ1) is 10.7. The van der Waals surface area contributed by atoms with Gasteiger partial charge in [0.05, 0.1) is 6.42 Å². The average Bonchev–Trinajstić information content (AvgIpc) is 2.55. The molecule has 0 radical (unpaired) electrons. The van der Waals surface area contributed by atoms with E-state index in [4.69, 9.17) is 0 Å². The van der Waals surface area contributed by atoms with Gasteiger partial charge in [0, 0.05) is 26.1 Å². The first-order valence-corrected chi connectivity index (χ1v) is 7.94. The van der Waals surface area contributed by atoms with Gasteiger partial charge in [0.1, 0.15) is 0 Å². The third-order valence-electron chi connectivity index (χ3n) is 4.12. The fourth-order valence-electron chi connectivity index (χ4n) is 2.73. The van der Waals surface area contributed by atoms with Crippen LogP contribution in [-0.4, -0.2) is 49.4 Å². The van der Waals surface area contributed by atoms with Crippen molar-refractivity contribution in [1.82, 2.24) is 15.5 Å². The summed E-state index contributed by atoms with van der Waals surface area (Å²) in [7, 11) is 1.87. The molecule has 5 nitrogen and oxygen atoms in total. The normalized spacial score (nSPS) is 15.3. The highest BCUT2D eigenvalue weighted by Gasteiger charge is 2.21. The molecule has 1 aromatic rings. The van der Waals surface area contributed by atoms with E-state index in [0.717, 1.165) is 31.5 Å². The highest BCUT2D eigenvalue weighted by Crippen LogP contribution is 2.10. The number of hydrogen-bond donors (Lipinski definition) is 2. The average molecular weight is 303 g/mol. The Morgan fingerprint density at radius 1 is 1.23 bits per heavy atom. The molecule has 2 rings (SSSR count). The fraction of sp³-hybridized carbons (Fsp3) is 0.529. The summed E-state index contributed by atoms with van der Waals surface area (Å²) in [6, 6.07) is 9.94. The lowest BCUT2D eigenvalue weighted by molar-refractivity contribution is -0.132. The van der Waals surface area contributed by atoms with E-state index >= 15 is 0 Å². The zero-order valence-electron chi connectivity index (χ0n) is 13.2. The van der Waals surface area contributed by atoms with Crippen LogP contribution in [0.15, 0.2) is 30.3 Å². The molecule has 2 N–H and O–H groups in total. The number of amides is 2. The number of nitrogens with one attached hydrogen (secondary N) is 2. The summed E-state index contributed by atoms with van der Waals surface area (Å²) >= 11 is 0. The number of piperidine rings is 1. The molecule has 1 heterocycles. The number of hydrogen-bond acceptors (Lipinski definition) is 3. The van der Waals surface area contributed by atoms with Crippen molar-refractivity contribution in [3.05, 3.63) is 35.9 Å². The fourth-order valence-corrected chi connectivity index (χ4v) is 2.73. The van der Waals surface area contributed by atoms with Crippen LogP contribution in [0.1, 0.15) is 24.8 Å². The summed E-state index contributed by atoms with van der Waals surface area (Å²) in [5.41, 5.74) is 0.984. The minimum absolute atomic E-state index is 0.0384. The van der Waals surface area contributed by atoms with Gasteiger partial charge in [-0.3, -0.25) is 9.59 Å². The second kappa shape index (κ2) is 8.54. The molecular weight excluding hydrogens is 278 g/mol. The van der Waals surface area contributed by atoms with Crippen LogP contribution < -0.4 is 10.6 Å². The topological polar surface area (TPSA) is 61.4 Å². The standard InChI is InChI=1S/C17H25N3O2/c1-20(15-7-10-18-11-8-15)17(22)9-12-19-16(21)13-14-5-3-2-4-6-14/h2-6,15,18H,7-13H2,1H3,(H,19,21). The van der Waals surface area contributed by atoms with Crippen molar-refractivity contribution in [3.63, 3.8) is 0 Å². The minimum Gasteiger partial charge on any atom is -0.355 e. The van der Waals surface area contributed by atoms with E-state index in [1.807, 2.05) is 42.3 Å². The zero-order valence-corrected chi connectivity index (χ0v) is 13.2. The van der Waals surface area contributed by atoms with Gasteiger partial charge < -0.3 is 15.5 Å². The molecule has 1 aromatic carbocycles. The van der Waals surface area contributed by atoms with Crippen LogP contribution in [0.3, 0.4) is 0 Å². The lowest BCUT2D eigenvalue weighted by atomic mass is 10.1. The second-order valence-electron chi connectivity index (χ2n) is 5.75. The van der Waals surface area contributed by atoms with Crippen LogP contribution in [0.5, 0.6) is 0 Å². The Bertz CT molecular complexity index is 484. The van der Waals surface area contributed by atoms with E-state index in [9.17, 15) is 9.59 Å². The first kappa shape index (κ1) is 16.5. The number of nitrogens with zero attached hydrogens (tertiary/aromatic N) is 1. The molecule has 1 saturated heterocycles. The molecule has 5 heteroatoms. The lowest BCUT2D eigenvalue weighted by Gasteiger charge is -2.31. The van der Waals surface area contributed by atoms with E-state index in [1.165, 1.54) is 0 Å². The maximum Gasteiger partial charge on any atom is 0.224 e. The Morgan fingerprint density at radius 3 is 2.59 bits per heavy atom. The maximum absolute atomic E-state index is 12.1. The van der Waals surface area contributed by atoms with Gasteiger partial charge in [-0.15, -0.1) is 0 Å². The van der Waals surface area contributed by atoms with Crippen LogP contribution in [-0.2, 0) is 16.0 Å². The third kappa shape index (κ3) is 5.15. The molecule has 0 unspecified atom stereocenters. The van der Waals surface area contributed by atoms with Crippen molar-refractivity contribution < 1.29 is 9.59 Å². The van der Waals surface area contributed by atoms with Gasteiger partial charge in [0.2, 0.25) is 11.8 Å². The summed E-state index contributed by atoms with van der Waals surface area (Å²) in [6.07, 6.45) is 2.73. The molecule has 120 valence electrons. The van der Waals surface area contributed by atoms with Gasteiger partial charge in [0.25, 0.3) is 0 Å². The molecule has 0 bridgehead atoms. The molecular formula is C17H25N3O2. The number of carbonyl (C=O) groups is 2. The Hall–Kier alpha value is -1.88. The summed E-state index contributed by atoms with van der Waals surface area (Å²) in [6.45, 7) is 2.34.